The van der Waals surface area contributed by atoms with Crippen LogP contribution in [0.4, 0.5) is 0 Å². The molecule has 0 radical (unpaired) electrons. The predicted octanol–water partition coefficient (Wildman–Crippen LogP) is 0.319. The summed E-state index contributed by atoms with van der Waals surface area (Å²) in [6.07, 6.45) is 3.59. The van der Waals surface area contributed by atoms with E-state index in [9.17, 15) is 9.00 Å². The Bertz CT molecular complexity index is 453. The number of rotatable bonds is 6. The number of carbonyl (C=O) groups is 1. The molecule has 1 aromatic heterocycles. The molecule has 1 heterocycles. The smallest absolute Gasteiger partial charge is 0.303 e. The molecule has 0 amide bonds. The van der Waals surface area contributed by atoms with Crippen molar-refractivity contribution in [2.45, 2.75) is 25.0 Å². The molecular weight excluding hydrogens is 242 g/mol. The van der Waals surface area contributed by atoms with Crippen LogP contribution in [-0.2, 0) is 28.4 Å². The van der Waals surface area contributed by atoms with E-state index in [1.807, 2.05) is 0 Å². The highest BCUT2D eigenvalue weighted by molar-refractivity contribution is 7.84. The van der Waals surface area contributed by atoms with Crippen molar-refractivity contribution in [3.63, 3.8) is 0 Å². The van der Waals surface area contributed by atoms with Crippen LogP contribution in [0.2, 0.25) is 0 Å². The van der Waals surface area contributed by atoms with E-state index in [0.29, 0.717) is 17.2 Å². The Morgan fingerprint density at radius 1 is 1.65 bits per heavy atom. The fourth-order valence-corrected chi connectivity index (χ4v) is 3.53. The quantitative estimate of drug-likeness (QED) is 0.793. The summed E-state index contributed by atoms with van der Waals surface area (Å²) in [6.45, 7) is 0. The number of aromatic nitrogens is 3. The molecule has 6 nitrogen and oxygen atoms in total. The molecule has 1 unspecified atom stereocenters. The number of hydrogen-bond donors (Lipinski definition) is 1. The van der Waals surface area contributed by atoms with Gasteiger partial charge in [0.2, 0.25) is 0 Å². The third-order valence-corrected chi connectivity index (χ3v) is 4.46. The summed E-state index contributed by atoms with van der Waals surface area (Å²) in [5.74, 6) is 0.00412. The van der Waals surface area contributed by atoms with Gasteiger partial charge in [0.15, 0.2) is 0 Å². The fraction of sp³-hybridized carbons (Fsp3) is 0.700. The van der Waals surface area contributed by atoms with Gasteiger partial charge in [-0.2, -0.15) is 0 Å². The van der Waals surface area contributed by atoms with Gasteiger partial charge in [-0.25, -0.2) is 0 Å². The summed E-state index contributed by atoms with van der Waals surface area (Å²) in [7, 11) is 0.696. The fourth-order valence-electron chi connectivity index (χ4n) is 1.89. The maximum Gasteiger partial charge on any atom is 0.303 e. The maximum atomic E-state index is 11.9. The first-order chi connectivity index (χ1) is 7.99. The number of carboxylic acids is 1. The highest BCUT2D eigenvalue weighted by Crippen LogP contribution is 2.49. The molecule has 94 valence electrons. The highest BCUT2D eigenvalue weighted by Gasteiger charge is 2.45. The van der Waals surface area contributed by atoms with Gasteiger partial charge < -0.3 is 5.11 Å². The maximum absolute atomic E-state index is 11.9. The molecule has 0 aliphatic heterocycles. The lowest BCUT2D eigenvalue weighted by Gasteiger charge is -2.10. The third-order valence-electron chi connectivity index (χ3n) is 2.91. The van der Waals surface area contributed by atoms with Gasteiger partial charge in [-0.05, 0) is 18.3 Å². The van der Waals surface area contributed by atoms with Gasteiger partial charge in [-0.15, -0.1) is 5.10 Å². The van der Waals surface area contributed by atoms with Gasteiger partial charge in [-0.1, -0.05) is 5.21 Å². The number of nitrogens with zero attached hydrogens (tertiary/aromatic N) is 3. The van der Waals surface area contributed by atoms with Crippen LogP contribution in [0, 0.1) is 5.41 Å². The van der Waals surface area contributed by atoms with Gasteiger partial charge in [-0.3, -0.25) is 13.7 Å². The standard InChI is InChI=1S/C10H15N3O3S/c1-13-5-8(11-12-13)6-17(16)7-10(2-3-10)4-9(14)15/h5H,2-4,6-7H2,1H3,(H,14,15). The SMILES string of the molecule is Cn1cc(CS(=O)CC2(CC(=O)O)CC2)nn1. The normalized spacial score (nSPS) is 18.9. The van der Waals surface area contributed by atoms with Gasteiger partial charge in [0.25, 0.3) is 0 Å². The van der Waals surface area contributed by atoms with Crippen LogP contribution in [0.3, 0.4) is 0 Å². The number of aliphatic carboxylic acids is 1. The van der Waals surface area contributed by atoms with Crippen molar-refractivity contribution in [2.75, 3.05) is 5.75 Å². The molecule has 2 rings (SSSR count). The van der Waals surface area contributed by atoms with E-state index in [1.54, 1.807) is 17.9 Å². The average molecular weight is 257 g/mol. The zero-order valence-corrected chi connectivity index (χ0v) is 10.4. The van der Waals surface area contributed by atoms with E-state index >= 15 is 0 Å². The Kier molecular flexibility index (Phi) is 3.28. The van der Waals surface area contributed by atoms with Crippen molar-refractivity contribution in [2.24, 2.45) is 12.5 Å². The minimum atomic E-state index is -1.06. The second-order valence-electron chi connectivity index (χ2n) is 4.68. The minimum absolute atomic E-state index is 0.124. The molecule has 1 aromatic rings. The van der Waals surface area contributed by atoms with E-state index in [-0.39, 0.29) is 11.8 Å². The monoisotopic (exact) mass is 257 g/mol. The topological polar surface area (TPSA) is 85.1 Å². The second-order valence-corrected chi connectivity index (χ2v) is 6.14. The summed E-state index contributed by atoms with van der Waals surface area (Å²) in [5.41, 5.74) is 0.468. The molecule has 17 heavy (non-hydrogen) atoms. The Morgan fingerprint density at radius 2 is 2.35 bits per heavy atom. The van der Waals surface area contributed by atoms with Gasteiger partial charge in [0.1, 0.15) is 0 Å². The van der Waals surface area contributed by atoms with Crippen molar-refractivity contribution >= 4 is 16.8 Å². The van der Waals surface area contributed by atoms with Crippen LogP contribution in [0.1, 0.15) is 25.0 Å². The molecular formula is C10H15N3O3S. The second kappa shape index (κ2) is 4.56. The average Bonchev–Trinajstić information content (AvgIpc) is 2.80. The molecule has 0 spiro atoms. The first-order valence-corrected chi connectivity index (χ1v) is 6.90. The highest BCUT2D eigenvalue weighted by atomic mass is 32.2. The molecule has 1 fully saturated rings. The van der Waals surface area contributed by atoms with E-state index in [0.717, 1.165) is 12.8 Å². The number of aryl methyl sites for hydroxylation is 1. The van der Waals surface area contributed by atoms with Gasteiger partial charge >= 0.3 is 5.97 Å². The zero-order chi connectivity index (χ0) is 12.5. The summed E-state index contributed by atoms with van der Waals surface area (Å²) in [4.78, 5) is 10.7. The summed E-state index contributed by atoms with van der Waals surface area (Å²) >= 11 is 0. The number of carboxylic acid groups (broad SMARTS) is 1. The van der Waals surface area contributed by atoms with E-state index < -0.39 is 16.8 Å². The molecule has 1 atom stereocenters. The first-order valence-electron chi connectivity index (χ1n) is 5.41. The molecule has 1 aliphatic rings. The minimum Gasteiger partial charge on any atom is -0.481 e. The molecule has 1 N–H and O–H groups in total. The van der Waals surface area contributed by atoms with Crippen molar-refractivity contribution in [1.82, 2.24) is 15.0 Å². The van der Waals surface area contributed by atoms with Crippen molar-refractivity contribution < 1.29 is 14.1 Å². The zero-order valence-electron chi connectivity index (χ0n) is 9.63. The lowest BCUT2D eigenvalue weighted by atomic mass is 10.1. The van der Waals surface area contributed by atoms with Crippen LogP contribution < -0.4 is 0 Å². The lowest BCUT2D eigenvalue weighted by Crippen LogP contribution is -2.17. The van der Waals surface area contributed by atoms with Gasteiger partial charge in [0.05, 0.1) is 17.9 Å². The first kappa shape index (κ1) is 12.2. The van der Waals surface area contributed by atoms with Crippen LogP contribution in [0.5, 0.6) is 0 Å². The Hall–Kier alpha value is -1.24. The van der Waals surface area contributed by atoms with Crippen molar-refractivity contribution in [3.05, 3.63) is 11.9 Å². The van der Waals surface area contributed by atoms with Crippen molar-refractivity contribution in [1.29, 1.82) is 0 Å². The predicted molar refractivity (Wildman–Crippen MR) is 61.6 cm³/mol. The lowest BCUT2D eigenvalue weighted by molar-refractivity contribution is -0.138. The number of hydrogen-bond acceptors (Lipinski definition) is 4. The molecule has 0 saturated heterocycles. The van der Waals surface area contributed by atoms with Gasteiger partial charge in [0, 0.05) is 29.8 Å². The molecule has 1 saturated carbocycles. The summed E-state index contributed by atoms with van der Waals surface area (Å²) < 4.78 is 13.5. The van der Waals surface area contributed by atoms with Crippen LogP contribution in [-0.4, -0.2) is 36.0 Å². The van der Waals surface area contributed by atoms with E-state index in [1.165, 1.54) is 0 Å². The van der Waals surface area contributed by atoms with Crippen LogP contribution in [0.15, 0.2) is 6.20 Å². The van der Waals surface area contributed by atoms with E-state index in [4.69, 9.17) is 5.11 Å². The Balaban J connectivity index is 1.87. The summed E-state index contributed by atoms with van der Waals surface area (Å²) in [5, 5.41) is 16.4. The Labute approximate surface area is 101 Å². The van der Waals surface area contributed by atoms with Crippen molar-refractivity contribution in [3.8, 4) is 0 Å². The molecule has 0 aromatic carbocycles. The van der Waals surface area contributed by atoms with Crippen LogP contribution >= 0.6 is 0 Å². The summed E-state index contributed by atoms with van der Waals surface area (Å²) in [6, 6.07) is 0. The molecule has 0 bridgehead atoms. The molecule has 1 aliphatic carbocycles. The Morgan fingerprint density at radius 3 is 2.82 bits per heavy atom. The van der Waals surface area contributed by atoms with E-state index in [2.05, 4.69) is 10.3 Å². The largest absolute Gasteiger partial charge is 0.481 e. The van der Waals surface area contributed by atoms with Crippen LogP contribution in [0.25, 0.3) is 0 Å². The third kappa shape index (κ3) is 3.36. The molecule has 7 heteroatoms.